The van der Waals surface area contributed by atoms with Crippen molar-refractivity contribution < 1.29 is 36.8 Å². The molecule has 38 heavy (non-hydrogen) atoms. The number of halogens is 3. The Morgan fingerprint density at radius 3 is 2.66 bits per heavy atom. The standard InChI is InChI=1S/C26H21F3N4O5/c1-3-38-22(35)16-12-32(14-7-8-20-19(11-14)30-23(36)31(20)2)24(37)33(21(16)34)13-25(33)10-9-15-17(25)5-4-6-18(15)26(27,28)29/h4-8,11-12H,3,9-10,13H2,1-2H3/p+1. The van der Waals surface area contributed by atoms with Crippen molar-refractivity contribution in [3.05, 3.63) is 75.3 Å². The van der Waals surface area contributed by atoms with Gasteiger partial charge in [0.15, 0.2) is 17.7 Å². The average Bonchev–Trinajstić information content (AvgIpc) is 3.28. The number of imidazole rings is 1. The minimum atomic E-state index is -4.59. The molecule has 2 unspecified atom stereocenters. The van der Waals surface area contributed by atoms with Crippen LogP contribution in [-0.2, 0) is 39.5 Å². The zero-order valence-electron chi connectivity index (χ0n) is 20.4. The predicted molar refractivity (Wildman–Crippen MR) is 128 cm³/mol. The third-order valence-electron chi connectivity index (χ3n) is 7.93. The highest BCUT2D eigenvalue weighted by molar-refractivity contribution is 6.20. The van der Waals surface area contributed by atoms with Crippen LogP contribution in [0.15, 0.2) is 53.0 Å². The van der Waals surface area contributed by atoms with Crippen molar-refractivity contribution in [1.82, 2.24) is 9.55 Å². The number of esters is 1. The molecule has 2 spiro atoms. The number of hydrogen-bond donors (Lipinski definition) is 1. The number of amides is 3. The van der Waals surface area contributed by atoms with Gasteiger partial charge in [0.25, 0.3) is 0 Å². The number of imide groups is 1. The molecule has 0 radical (unpaired) electrons. The average molecular weight is 527 g/mol. The largest absolute Gasteiger partial charge is 0.462 e. The Kier molecular flexibility index (Phi) is 4.87. The van der Waals surface area contributed by atoms with Gasteiger partial charge in [-0.15, -0.1) is 0 Å². The molecule has 1 saturated heterocycles. The number of ether oxygens (including phenoxy) is 1. The number of aryl methyl sites for hydroxylation is 1. The number of carbonyl (C=O) groups excluding carboxylic acids is 3. The molecule has 3 heterocycles. The Hall–Kier alpha value is -4.19. The second-order valence-corrected chi connectivity index (χ2v) is 9.74. The first-order valence-electron chi connectivity index (χ1n) is 12.0. The second-order valence-electron chi connectivity index (χ2n) is 9.74. The van der Waals surface area contributed by atoms with E-state index in [4.69, 9.17) is 4.74 Å². The van der Waals surface area contributed by atoms with Crippen LogP contribution in [-0.4, -0.2) is 45.1 Å². The molecule has 0 bridgehead atoms. The van der Waals surface area contributed by atoms with Crippen molar-refractivity contribution in [2.24, 2.45) is 7.05 Å². The maximum absolute atomic E-state index is 14.1. The molecule has 12 heteroatoms. The van der Waals surface area contributed by atoms with Crippen LogP contribution >= 0.6 is 0 Å². The van der Waals surface area contributed by atoms with Crippen LogP contribution in [0.2, 0.25) is 0 Å². The number of aromatic nitrogens is 2. The molecular weight excluding hydrogens is 505 g/mol. The van der Waals surface area contributed by atoms with Crippen molar-refractivity contribution in [3.8, 4) is 0 Å². The van der Waals surface area contributed by atoms with Crippen LogP contribution in [0.5, 0.6) is 0 Å². The molecule has 3 amide bonds. The zero-order chi connectivity index (χ0) is 27.2. The number of aromatic amines is 1. The number of alkyl halides is 3. The van der Waals surface area contributed by atoms with E-state index in [2.05, 4.69) is 4.98 Å². The minimum absolute atomic E-state index is 0.0163. The lowest BCUT2D eigenvalue weighted by molar-refractivity contribution is -0.666. The molecule has 9 nitrogen and oxygen atoms in total. The van der Waals surface area contributed by atoms with E-state index < -0.39 is 39.7 Å². The Morgan fingerprint density at radius 2 is 1.95 bits per heavy atom. The summed E-state index contributed by atoms with van der Waals surface area (Å²) in [5.74, 6) is -1.73. The number of rotatable bonds is 3. The van der Waals surface area contributed by atoms with Crippen LogP contribution in [0.25, 0.3) is 11.0 Å². The lowest BCUT2D eigenvalue weighted by atomic mass is 9.97. The number of nitrogens with one attached hydrogen (secondary N) is 1. The van der Waals surface area contributed by atoms with Gasteiger partial charge in [-0.2, -0.15) is 17.7 Å². The van der Waals surface area contributed by atoms with Gasteiger partial charge in [-0.1, -0.05) is 12.1 Å². The fourth-order valence-corrected chi connectivity index (χ4v) is 6.08. The van der Waals surface area contributed by atoms with E-state index in [0.717, 1.165) is 17.2 Å². The van der Waals surface area contributed by atoms with E-state index >= 15 is 0 Å². The number of benzene rings is 2. The first-order valence-corrected chi connectivity index (χ1v) is 12.0. The molecule has 196 valence electrons. The predicted octanol–water partition coefficient (Wildman–Crippen LogP) is 3.47. The van der Waals surface area contributed by atoms with Gasteiger partial charge in [-0.05, 0) is 43.2 Å². The lowest BCUT2D eigenvalue weighted by Crippen LogP contribution is -2.56. The van der Waals surface area contributed by atoms with Gasteiger partial charge in [0.1, 0.15) is 0 Å². The number of urea groups is 1. The highest BCUT2D eigenvalue weighted by Gasteiger charge is 2.83. The molecule has 1 N–H and O–H groups in total. The summed E-state index contributed by atoms with van der Waals surface area (Å²) in [5.41, 5.74) is -1.10. The minimum Gasteiger partial charge on any atom is -0.462 e. The van der Waals surface area contributed by atoms with Crippen LogP contribution in [0.1, 0.15) is 30.0 Å². The van der Waals surface area contributed by atoms with Crippen LogP contribution in [0.3, 0.4) is 0 Å². The fourth-order valence-electron chi connectivity index (χ4n) is 6.08. The normalized spacial score (nSPS) is 24.3. The number of quaternary nitrogens is 1. The molecule has 2 aromatic carbocycles. The van der Waals surface area contributed by atoms with Gasteiger partial charge in [0.2, 0.25) is 0 Å². The number of nitrogens with zero attached hydrogens (tertiary/aromatic N) is 3. The van der Waals surface area contributed by atoms with Crippen molar-refractivity contribution in [1.29, 1.82) is 0 Å². The lowest BCUT2D eigenvalue weighted by Gasteiger charge is -2.30. The van der Waals surface area contributed by atoms with E-state index in [-0.39, 0.29) is 48.5 Å². The molecular formula is C26H22F3N4O5+. The van der Waals surface area contributed by atoms with Gasteiger partial charge >= 0.3 is 29.8 Å². The van der Waals surface area contributed by atoms with Crippen LogP contribution in [0.4, 0.5) is 23.7 Å². The topological polar surface area (TPSA) is 101 Å². The molecule has 3 aliphatic rings. The Bertz CT molecular complexity index is 1670. The summed E-state index contributed by atoms with van der Waals surface area (Å²) in [4.78, 5) is 56.6. The van der Waals surface area contributed by atoms with Crippen molar-refractivity contribution in [3.63, 3.8) is 0 Å². The van der Waals surface area contributed by atoms with E-state index in [1.165, 1.54) is 16.7 Å². The monoisotopic (exact) mass is 527 g/mol. The van der Waals surface area contributed by atoms with Crippen LogP contribution in [0, 0.1) is 0 Å². The molecule has 1 fully saturated rings. The number of fused-ring (bicyclic) bond motifs is 4. The number of H-pyrrole nitrogens is 1. The third-order valence-corrected chi connectivity index (χ3v) is 7.93. The van der Waals surface area contributed by atoms with E-state index in [1.54, 1.807) is 32.2 Å². The van der Waals surface area contributed by atoms with Gasteiger partial charge in [-0.3, -0.25) is 4.57 Å². The number of hydrogen-bond acceptors (Lipinski definition) is 5. The molecule has 0 saturated carbocycles. The van der Waals surface area contributed by atoms with Gasteiger partial charge in [-0.25, -0.2) is 24.1 Å². The molecule has 6 rings (SSSR count). The third kappa shape index (κ3) is 2.97. The Balaban J connectivity index is 1.51. The van der Waals surface area contributed by atoms with Crippen molar-refractivity contribution >= 4 is 34.6 Å². The van der Waals surface area contributed by atoms with E-state index in [9.17, 15) is 32.3 Å². The van der Waals surface area contributed by atoms with Crippen molar-refractivity contribution in [2.75, 3.05) is 18.1 Å². The quantitative estimate of drug-likeness (QED) is 0.243. The smallest absolute Gasteiger partial charge is 0.436 e. The van der Waals surface area contributed by atoms with Gasteiger partial charge in [0.05, 0.1) is 28.9 Å². The Labute approximate surface area is 213 Å². The Morgan fingerprint density at radius 1 is 1.18 bits per heavy atom. The fraction of sp³-hybridized carbons (Fsp3) is 0.308. The summed E-state index contributed by atoms with van der Waals surface area (Å²) in [6.45, 7) is 1.48. The maximum Gasteiger partial charge on any atom is 0.436 e. The number of anilines is 1. The molecule has 2 atom stereocenters. The summed E-state index contributed by atoms with van der Waals surface area (Å²) in [7, 11) is 1.58. The summed E-state index contributed by atoms with van der Waals surface area (Å²) < 4.78 is 46.9. The highest BCUT2D eigenvalue weighted by atomic mass is 19.4. The molecule has 1 aromatic heterocycles. The first-order chi connectivity index (χ1) is 18.0. The SMILES string of the molecule is CCOC(=O)C1=CN(c2ccc3c(c2)[nH]c(=O)n3C)C(=O)[N+]2(CC23CCc2c(C(F)(F)F)cccc23)C1=O. The van der Waals surface area contributed by atoms with Crippen molar-refractivity contribution in [2.45, 2.75) is 31.5 Å². The molecule has 3 aromatic rings. The van der Waals surface area contributed by atoms with E-state index in [1.807, 2.05) is 0 Å². The van der Waals surface area contributed by atoms with Gasteiger partial charge in [0, 0.05) is 25.2 Å². The summed E-state index contributed by atoms with van der Waals surface area (Å²) in [6.07, 6.45) is -3.29. The molecule has 1 aliphatic carbocycles. The summed E-state index contributed by atoms with van der Waals surface area (Å²) in [6, 6.07) is 7.84. The summed E-state index contributed by atoms with van der Waals surface area (Å²) in [5, 5.41) is 0. The van der Waals surface area contributed by atoms with Crippen LogP contribution < -0.4 is 10.6 Å². The maximum atomic E-state index is 14.1. The summed E-state index contributed by atoms with van der Waals surface area (Å²) >= 11 is 0. The number of carbonyl (C=O) groups is 3. The zero-order valence-corrected chi connectivity index (χ0v) is 20.4. The van der Waals surface area contributed by atoms with E-state index in [0.29, 0.717) is 16.6 Å². The molecule has 2 aliphatic heterocycles. The second kappa shape index (κ2) is 7.67. The van der Waals surface area contributed by atoms with Gasteiger partial charge < -0.3 is 9.72 Å². The first kappa shape index (κ1) is 24.2. The highest BCUT2D eigenvalue weighted by Crippen LogP contribution is 2.62.